The molecule has 134 valence electrons. The molecule has 0 radical (unpaired) electrons. The van der Waals surface area contributed by atoms with E-state index in [2.05, 4.69) is 22.0 Å². The van der Waals surface area contributed by atoms with Crippen molar-refractivity contribution in [2.24, 2.45) is 0 Å². The molecule has 0 saturated carbocycles. The summed E-state index contributed by atoms with van der Waals surface area (Å²) >= 11 is 1.58. The Kier molecular flexibility index (Phi) is 4.87. The van der Waals surface area contributed by atoms with Gasteiger partial charge in [0.15, 0.2) is 11.5 Å². The smallest absolute Gasteiger partial charge is 0.276 e. The number of piperidine rings is 1. The molecular weight excluding hydrogens is 336 g/mol. The van der Waals surface area contributed by atoms with E-state index in [4.69, 9.17) is 4.52 Å². The molecule has 2 aromatic rings. The molecule has 1 unspecified atom stereocenters. The summed E-state index contributed by atoms with van der Waals surface area (Å²) in [6, 6.07) is 6.33. The quantitative estimate of drug-likeness (QED) is 0.840. The fourth-order valence-corrected chi connectivity index (χ4v) is 4.47. The Labute approximate surface area is 152 Å². The largest absolute Gasteiger partial charge is 0.355 e. The minimum absolute atomic E-state index is 0.0213. The van der Waals surface area contributed by atoms with Crippen LogP contribution in [0.2, 0.25) is 0 Å². The molecule has 25 heavy (non-hydrogen) atoms. The van der Waals surface area contributed by atoms with E-state index < -0.39 is 0 Å². The van der Waals surface area contributed by atoms with Crippen molar-refractivity contribution in [1.29, 1.82) is 0 Å². The number of piperazine rings is 1. The van der Waals surface area contributed by atoms with Crippen LogP contribution in [-0.4, -0.2) is 78.1 Å². The lowest BCUT2D eigenvalue weighted by Crippen LogP contribution is -2.55. The number of thiophene rings is 1. The fraction of sp³-hybridized carbons (Fsp3) is 0.556. The lowest BCUT2D eigenvalue weighted by Gasteiger charge is -2.42. The zero-order valence-corrected chi connectivity index (χ0v) is 15.4. The van der Waals surface area contributed by atoms with Crippen LogP contribution >= 0.6 is 11.3 Å². The average molecular weight is 360 g/mol. The predicted molar refractivity (Wildman–Crippen MR) is 97.8 cm³/mol. The zero-order valence-electron chi connectivity index (χ0n) is 14.6. The van der Waals surface area contributed by atoms with Gasteiger partial charge < -0.3 is 14.3 Å². The van der Waals surface area contributed by atoms with Crippen LogP contribution in [-0.2, 0) is 0 Å². The standard InChI is InChI=1S/C18H24N4O2S/c1-20-6-2-4-14(13-20)21-7-9-22(10-8-21)18(23)15-12-16(24-19-15)17-5-3-11-25-17/h3,5,11-12,14H,2,4,6-10,13H2,1H3. The molecule has 0 N–H and O–H groups in total. The average Bonchev–Trinajstić information content (AvgIpc) is 3.32. The van der Waals surface area contributed by atoms with Crippen molar-refractivity contribution in [2.45, 2.75) is 18.9 Å². The minimum Gasteiger partial charge on any atom is -0.355 e. The topological polar surface area (TPSA) is 52.8 Å². The minimum atomic E-state index is -0.0213. The third-order valence-electron chi connectivity index (χ3n) is 5.21. The lowest BCUT2D eigenvalue weighted by atomic mass is 10.0. The van der Waals surface area contributed by atoms with Crippen molar-refractivity contribution in [3.8, 4) is 10.6 Å². The number of likely N-dealkylation sites (tertiary alicyclic amines) is 1. The molecule has 1 atom stereocenters. The monoisotopic (exact) mass is 360 g/mol. The SMILES string of the molecule is CN1CCCC(N2CCN(C(=O)c3cc(-c4cccs4)on3)CC2)C1. The summed E-state index contributed by atoms with van der Waals surface area (Å²) in [4.78, 5) is 20.5. The van der Waals surface area contributed by atoms with Crippen molar-refractivity contribution < 1.29 is 9.32 Å². The van der Waals surface area contributed by atoms with Gasteiger partial charge in [-0.15, -0.1) is 11.3 Å². The Morgan fingerprint density at radius 1 is 1.28 bits per heavy atom. The van der Waals surface area contributed by atoms with Gasteiger partial charge in [0.05, 0.1) is 4.88 Å². The van der Waals surface area contributed by atoms with Crippen LogP contribution in [0.5, 0.6) is 0 Å². The molecular formula is C18H24N4O2S. The fourth-order valence-electron chi connectivity index (χ4n) is 3.80. The van der Waals surface area contributed by atoms with Gasteiger partial charge in [-0.3, -0.25) is 9.69 Å². The summed E-state index contributed by atoms with van der Waals surface area (Å²) < 4.78 is 5.35. The van der Waals surface area contributed by atoms with E-state index in [-0.39, 0.29) is 5.91 Å². The summed E-state index contributed by atoms with van der Waals surface area (Å²) in [5.41, 5.74) is 0.411. The summed E-state index contributed by atoms with van der Waals surface area (Å²) in [5.74, 6) is 0.647. The van der Waals surface area contributed by atoms with E-state index in [1.54, 1.807) is 17.4 Å². The molecule has 2 aromatic heterocycles. The maximum atomic E-state index is 12.7. The number of likely N-dealkylation sites (N-methyl/N-ethyl adjacent to an activating group) is 1. The highest BCUT2D eigenvalue weighted by atomic mass is 32.1. The van der Waals surface area contributed by atoms with Crippen LogP contribution in [0.3, 0.4) is 0 Å². The molecule has 2 aliphatic rings. The first-order valence-electron chi connectivity index (χ1n) is 8.93. The highest BCUT2D eigenvalue weighted by Crippen LogP contribution is 2.26. The molecule has 4 rings (SSSR count). The number of amides is 1. The highest BCUT2D eigenvalue weighted by Gasteiger charge is 2.29. The van der Waals surface area contributed by atoms with E-state index in [0.29, 0.717) is 17.5 Å². The Bertz CT molecular complexity index is 706. The molecule has 0 bridgehead atoms. The molecule has 2 aliphatic heterocycles. The molecule has 4 heterocycles. The summed E-state index contributed by atoms with van der Waals surface area (Å²) in [6.07, 6.45) is 2.54. The van der Waals surface area contributed by atoms with E-state index in [0.717, 1.165) is 37.6 Å². The Hall–Kier alpha value is -1.70. The van der Waals surface area contributed by atoms with Crippen molar-refractivity contribution >= 4 is 17.2 Å². The van der Waals surface area contributed by atoms with Crippen LogP contribution in [0.25, 0.3) is 10.6 Å². The van der Waals surface area contributed by atoms with Crippen LogP contribution < -0.4 is 0 Å². The number of nitrogens with zero attached hydrogens (tertiary/aromatic N) is 4. The summed E-state index contributed by atoms with van der Waals surface area (Å²) in [7, 11) is 2.20. The first-order chi connectivity index (χ1) is 12.2. The second-order valence-corrected chi connectivity index (χ2v) is 7.89. The van der Waals surface area contributed by atoms with Crippen molar-refractivity contribution in [1.82, 2.24) is 19.9 Å². The van der Waals surface area contributed by atoms with E-state index in [1.165, 1.54) is 19.4 Å². The lowest BCUT2D eigenvalue weighted by molar-refractivity contribution is 0.0445. The molecule has 6 nitrogen and oxygen atoms in total. The van der Waals surface area contributed by atoms with Gasteiger partial charge in [0, 0.05) is 44.8 Å². The predicted octanol–water partition coefficient (Wildman–Crippen LogP) is 2.26. The van der Waals surface area contributed by atoms with Crippen LogP contribution in [0, 0.1) is 0 Å². The van der Waals surface area contributed by atoms with Gasteiger partial charge in [-0.2, -0.15) is 0 Å². The van der Waals surface area contributed by atoms with Gasteiger partial charge in [-0.05, 0) is 37.9 Å². The Balaban J connectivity index is 1.35. The zero-order chi connectivity index (χ0) is 17.2. The number of carbonyl (C=O) groups excluding carboxylic acids is 1. The molecule has 2 saturated heterocycles. The van der Waals surface area contributed by atoms with E-state index in [1.807, 2.05) is 22.4 Å². The van der Waals surface area contributed by atoms with Crippen LogP contribution in [0.4, 0.5) is 0 Å². The number of aromatic nitrogens is 1. The van der Waals surface area contributed by atoms with Gasteiger partial charge in [-0.25, -0.2) is 0 Å². The van der Waals surface area contributed by atoms with Crippen molar-refractivity contribution in [3.05, 3.63) is 29.3 Å². The maximum Gasteiger partial charge on any atom is 0.276 e. The second kappa shape index (κ2) is 7.27. The van der Waals surface area contributed by atoms with Gasteiger partial charge in [0.25, 0.3) is 5.91 Å². The Morgan fingerprint density at radius 2 is 2.12 bits per heavy atom. The van der Waals surface area contributed by atoms with Gasteiger partial charge >= 0.3 is 0 Å². The third kappa shape index (κ3) is 3.63. The number of hydrogen-bond donors (Lipinski definition) is 0. The van der Waals surface area contributed by atoms with E-state index in [9.17, 15) is 4.79 Å². The summed E-state index contributed by atoms with van der Waals surface area (Å²) in [6.45, 7) is 5.76. The molecule has 2 fully saturated rings. The molecule has 0 spiro atoms. The highest BCUT2D eigenvalue weighted by molar-refractivity contribution is 7.13. The third-order valence-corrected chi connectivity index (χ3v) is 6.10. The van der Waals surface area contributed by atoms with Crippen LogP contribution in [0.15, 0.2) is 28.1 Å². The molecule has 1 amide bonds. The maximum absolute atomic E-state index is 12.7. The molecule has 0 aliphatic carbocycles. The first-order valence-corrected chi connectivity index (χ1v) is 9.81. The number of carbonyl (C=O) groups is 1. The normalized spacial score (nSPS) is 23.1. The van der Waals surface area contributed by atoms with Crippen molar-refractivity contribution in [2.75, 3.05) is 46.3 Å². The van der Waals surface area contributed by atoms with Crippen LogP contribution in [0.1, 0.15) is 23.3 Å². The van der Waals surface area contributed by atoms with Gasteiger partial charge in [0.1, 0.15) is 0 Å². The molecule has 7 heteroatoms. The molecule has 0 aromatic carbocycles. The Morgan fingerprint density at radius 3 is 2.84 bits per heavy atom. The van der Waals surface area contributed by atoms with E-state index >= 15 is 0 Å². The summed E-state index contributed by atoms with van der Waals surface area (Å²) in [5, 5.41) is 5.97. The first kappa shape index (κ1) is 16.8. The van der Waals surface area contributed by atoms with Gasteiger partial charge in [0.2, 0.25) is 0 Å². The van der Waals surface area contributed by atoms with Gasteiger partial charge in [-0.1, -0.05) is 11.2 Å². The number of rotatable bonds is 3. The number of hydrogen-bond acceptors (Lipinski definition) is 6. The second-order valence-electron chi connectivity index (χ2n) is 6.94. The van der Waals surface area contributed by atoms with Crippen molar-refractivity contribution in [3.63, 3.8) is 0 Å².